The van der Waals surface area contributed by atoms with Crippen LogP contribution in [0.5, 0.6) is 0 Å². The smallest absolute Gasteiger partial charge is 0.239 e. The maximum atomic E-state index is 11.5. The highest BCUT2D eigenvalue weighted by atomic mass is 32.2. The Kier molecular flexibility index (Phi) is 5.70. The Morgan fingerprint density at radius 3 is 2.32 bits per heavy atom. The van der Waals surface area contributed by atoms with Gasteiger partial charge in [0.15, 0.2) is 0 Å². The third-order valence-corrected chi connectivity index (χ3v) is 4.22. The van der Waals surface area contributed by atoms with E-state index < -0.39 is 10.0 Å². The van der Waals surface area contributed by atoms with Crippen molar-refractivity contribution in [3.63, 3.8) is 0 Å². The van der Waals surface area contributed by atoms with Crippen LogP contribution in [-0.2, 0) is 19.6 Å². The van der Waals surface area contributed by atoms with Crippen LogP contribution in [0.1, 0.15) is 12.8 Å². The van der Waals surface area contributed by atoms with Gasteiger partial charge < -0.3 is 16.4 Å². The normalized spacial score (nSPS) is 18.0. The van der Waals surface area contributed by atoms with E-state index in [-0.39, 0.29) is 30.9 Å². The largest absolute Gasteiger partial charge is 0.352 e. The summed E-state index contributed by atoms with van der Waals surface area (Å²) in [5.74, 6) is -0.679. The van der Waals surface area contributed by atoms with Crippen LogP contribution in [0.4, 0.5) is 0 Å². The van der Waals surface area contributed by atoms with Crippen LogP contribution >= 0.6 is 0 Å². The highest BCUT2D eigenvalue weighted by Gasteiger charge is 2.25. The number of carbonyl (C=O) groups excluding carboxylic acids is 2. The van der Waals surface area contributed by atoms with Crippen molar-refractivity contribution in [1.82, 2.24) is 14.9 Å². The Morgan fingerprint density at radius 2 is 1.84 bits per heavy atom. The van der Waals surface area contributed by atoms with Crippen molar-refractivity contribution in [2.45, 2.75) is 18.9 Å². The van der Waals surface area contributed by atoms with E-state index in [0.29, 0.717) is 25.9 Å². The van der Waals surface area contributed by atoms with Crippen molar-refractivity contribution >= 4 is 21.8 Å². The van der Waals surface area contributed by atoms with Gasteiger partial charge in [0.05, 0.1) is 19.3 Å². The molecular formula is C10H20N4O4S. The van der Waals surface area contributed by atoms with E-state index >= 15 is 0 Å². The van der Waals surface area contributed by atoms with Gasteiger partial charge in [-0.2, -0.15) is 0 Å². The Bertz CT molecular complexity index is 429. The zero-order valence-corrected chi connectivity index (χ0v) is 11.7. The molecule has 1 saturated heterocycles. The van der Waals surface area contributed by atoms with Gasteiger partial charge in [-0.05, 0) is 12.8 Å². The van der Waals surface area contributed by atoms with Crippen LogP contribution < -0.4 is 16.4 Å². The highest BCUT2D eigenvalue weighted by Crippen LogP contribution is 2.12. The van der Waals surface area contributed by atoms with Gasteiger partial charge in [0.1, 0.15) is 0 Å². The lowest BCUT2D eigenvalue weighted by molar-refractivity contribution is -0.125. The summed E-state index contributed by atoms with van der Waals surface area (Å²) >= 11 is 0. The van der Waals surface area contributed by atoms with Crippen LogP contribution in [0, 0.1) is 0 Å². The van der Waals surface area contributed by atoms with Gasteiger partial charge in [-0.1, -0.05) is 0 Å². The summed E-state index contributed by atoms with van der Waals surface area (Å²) in [7, 11) is -3.15. The SMILES string of the molecule is CS(=O)(=O)N1CCC(NC(=O)CNC(=O)CN)CC1. The lowest BCUT2D eigenvalue weighted by Crippen LogP contribution is -2.48. The standard InChI is InChI=1S/C10H20N4O4S/c1-19(17,18)14-4-2-8(3-5-14)13-10(16)7-12-9(15)6-11/h8H,2-7,11H2,1H3,(H,12,15)(H,13,16). The molecule has 1 aliphatic rings. The van der Waals surface area contributed by atoms with Crippen molar-refractivity contribution < 1.29 is 18.0 Å². The highest BCUT2D eigenvalue weighted by molar-refractivity contribution is 7.88. The van der Waals surface area contributed by atoms with Crippen LogP contribution in [-0.4, -0.2) is 63.0 Å². The number of piperidine rings is 1. The summed E-state index contributed by atoms with van der Waals surface area (Å²) in [6.07, 6.45) is 2.32. The summed E-state index contributed by atoms with van der Waals surface area (Å²) in [4.78, 5) is 22.4. The molecule has 110 valence electrons. The molecule has 0 atom stereocenters. The summed E-state index contributed by atoms with van der Waals surface area (Å²) in [6, 6.07) is -0.0553. The van der Waals surface area contributed by atoms with Crippen molar-refractivity contribution in [3.05, 3.63) is 0 Å². The predicted molar refractivity (Wildman–Crippen MR) is 69.6 cm³/mol. The van der Waals surface area contributed by atoms with Gasteiger partial charge in [0.2, 0.25) is 21.8 Å². The molecular weight excluding hydrogens is 272 g/mol. The molecule has 0 radical (unpaired) electrons. The maximum absolute atomic E-state index is 11.5. The second-order valence-corrected chi connectivity index (χ2v) is 6.47. The summed E-state index contributed by atoms with van der Waals surface area (Å²) in [5.41, 5.74) is 5.09. The maximum Gasteiger partial charge on any atom is 0.239 e. The van der Waals surface area contributed by atoms with E-state index in [2.05, 4.69) is 10.6 Å². The molecule has 0 aliphatic carbocycles. The van der Waals surface area contributed by atoms with Crippen LogP contribution in [0.15, 0.2) is 0 Å². The molecule has 0 aromatic rings. The molecule has 1 rings (SSSR count). The zero-order chi connectivity index (χ0) is 14.5. The predicted octanol–water partition coefficient (Wildman–Crippen LogP) is -2.40. The fourth-order valence-corrected chi connectivity index (χ4v) is 2.74. The van der Waals surface area contributed by atoms with Crippen LogP contribution in [0.2, 0.25) is 0 Å². The number of hydrogen-bond acceptors (Lipinski definition) is 5. The van der Waals surface area contributed by atoms with Crippen molar-refractivity contribution in [3.8, 4) is 0 Å². The fourth-order valence-electron chi connectivity index (χ4n) is 1.86. The number of hydrogen-bond donors (Lipinski definition) is 3. The number of rotatable bonds is 5. The minimum Gasteiger partial charge on any atom is -0.352 e. The van der Waals surface area contributed by atoms with E-state index in [4.69, 9.17) is 5.73 Å². The first-order valence-electron chi connectivity index (χ1n) is 6.04. The quantitative estimate of drug-likeness (QED) is 0.521. The first kappa shape index (κ1) is 15.9. The molecule has 0 spiro atoms. The van der Waals surface area contributed by atoms with E-state index in [1.807, 2.05) is 0 Å². The second-order valence-electron chi connectivity index (χ2n) is 4.48. The monoisotopic (exact) mass is 292 g/mol. The van der Waals surface area contributed by atoms with E-state index in [0.717, 1.165) is 0 Å². The second kappa shape index (κ2) is 6.83. The lowest BCUT2D eigenvalue weighted by atomic mass is 10.1. The Balaban J connectivity index is 2.29. The number of carbonyl (C=O) groups is 2. The molecule has 0 aromatic heterocycles. The molecule has 0 bridgehead atoms. The lowest BCUT2D eigenvalue weighted by Gasteiger charge is -2.30. The Morgan fingerprint density at radius 1 is 1.26 bits per heavy atom. The van der Waals surface area contributed by atoms with Crippen molar-refractivity contribution in [2.24, 2.45) is 5.73 Å². The van der Waals surface area contributed by atoms with Gasteiger partial charge in [-0.15, -0.1) is 0 Å². The molecule has 0 saturated carbocycles. The minimum absolute atomic E-state index is 0.0553. The molecule has 4 N–H and O–H groups in total. The molecule has 8 nitrogen and oxygen atoms in total. The van der Waals surface area contributed by atoms with Crippen LogP contribution in [0.25, 0.3) is 0 Å². The summed E-state index contributed by atoms with van der Waals surface area (Å²) in [5, 5.41) is 5.13. The number of amides is 2. The zero-order valence-electron chi connectivity index (χ0n) is 10.9. The van der Waals surface area contributed by atoms with Gasteiger partial charge in [-0.3, -0.25) is 9.59 Å². The molecule has 1 aliphatic heterocycles. The summed E-state index contributed by atoms with van der Waals surface area (Å²) in [6.45, 7) is 0.542. The summed E-state index contributed by atoms with van der Waals surface area (Å²) < 4.78 is 24.0. The molecule has 9 heteroatoms. The van der Waals surface area contributed by atoms with Crippen LogP contribution in [0.3, 0.4) is 0 Å². The van der Waals surface area contributed by atoms with E-state index in [9.17, 15) is 18.0 Å². The van der Waals surface area contributed by atoms with Crippen molar-refractivity contribution in [2.75, 3.05) is 32.4 Å². The first-order valence-corrected chi connectivity index (χ1v) is 7.89. The number of nitrogens with zero attached hydrogens (tertiary/aromatic N) is 1. The Hall–Kier alpha value is -1.19. The topological polar surface area (TPSA) is 122 Å². The number of nitrogens with two attached hydrogens (primary N) is 1. The van der Waals surface area contributed by atoms with E-state index in [1.54, 1.807) is 0 Å². The average molecular weight is 292 g/mol. The number of nitrogens with one attached hydrogen (secondary N) is 2. The first-order chi connectivity index (χ1) is 8.82. The minimum atomic E-state index is -3.15. The molecule has 19 heavy (non-hydrogen) atoms. The van der Waals surface area contributed by atoms with E-state index in [1.165, 1.54) is 10.6 Å². The molecule has 1 fully saturated rings. The average Bonchev–Trinajstić information content (AvgIpc) is 2.35. The van der Waals surface area contributed by atoms with Crippen molar-refractivity contribution in [1.29, 1.82) is 0 Å². The molecule has 0 aromatic carbocycles. The molecule has 1 heterocycles. The Labute approximate surface area is 112 Å². The third kappa shape index (κ3) is 5.53. The van der Waals surface area contributed by atoms with Gasteiger partial charge in [0, 0.05) is 19.1 Å². The van der Waals surface area contributed by atoms with Gasteiger partial charge in [0.25, 0.3) is 0 Å². The van der Waals surface area contributed by atoms with Gasteiger partial charge in [-0.25, -0.2) is 12.7 Å². The van der Waals surface area contributed by atoms with Gasteiger partial charge >= 0.3 is 0 Å². The fraction of sp³-hybridized carbons (Fsp3) is 0.800. The third-order valence-electron chi connectivity index (χ3n) is 2.92. The molecule has 0 unspecified atom stereocenters. The molecule has 2 amide bonds. The number of sulfonamides is 1.